The SMILES string of the molecule is CC1CC1C(=O)NCCC(=O)N(CCCO)C1CCC1. The molecule has 2 N–H and O–H groups in total. The molecule has 0 bridgehead atoms. The van der Waals surface area contributed by atoms with Crippen LogP contribution in [0.5, 0.6) is 0 Å². The standard InChI is InChI=1S/C15H26N2O3/c1-11-10-13(11)15(20)16-7-6-14(19)17(8-3-9-18)12-4-2-5-12/h11-13,18H,2-10H2,1H3,(H,16,20). The maximum absolute atomic E-state index is 12.2. The molecule has 2 fully saturated rings. The van der Waals surface area contributed by atoms with Crippen LogP contribution < -0.4 is 5.32 Å². The molecule has 0 saturated heterocycles. The molecule has 0 aromatic heterocycles. The third-order valence-electron chi connectivity index (χ3n) is 4.48. The molecule has 2 aliphatic carbocycles. The van der Waals surface area contributed by atoms with E-state index in [0.29, 0.717) is 37.9 Å². The summed E-state index contributed by atoms with van der Waals surface area (Å²) in [5.41, 5.74) is 0. The zero-order valence-corrected chi connectivity index (χ0v) is 12.3. The highest BCUT2D eigenvalue weighted by Gasteiger charge is 2.38. The average Bonchev–Trinajstić information content (AvgIpc) is 3.09. The third kappa shape index (κ3) is 3.95. The molecular weight excluding hydrogens is 256 g/mol. The van der Waals surface area contributed by atoms with E-state index in [1.54, 1.807) is 0 Å². The van der Waals surface area contributed by atoms with Crippen LogP contribution in [0.4, 0.5) is 0 Å². The molecule has 114 valence electrons. The molecule has 5 heteroatoms. The zero-order valence-electron chi connectivity index (χ0n) is 12.3. The molecule has 2 unspecified atom stereocenters. The van der Waals surface area contributed by atoms with Crippen LogP contribution in [0.1, 0.15) is 45.4 Å². The minimum atomic E-state index is 0.0934. The van der Waals surface area contributed by atoms with Crippen LogP contribution in [0.15, 0.2) is 0 Å². The van der Waals surface area contributed by atoms with Crippen molar-refractivity contribution in [3.8, 4) is 0 Å². The van der Waals surface area contributed by atoms with Crippen LogP contribution in [0, 0.1) is 11.8 Å². The van der Waals surface area contributed by atoms with Crippen LogP contribution in [-0.2, 0) is 9.59 Å². The second kappa shape index (κ2) is 7.07. The van der Waals surface area contributed by atoms with Gasteiger partial charge in [0, 0.05) is 38.1 Å². The summed E-state index contributed by atoms with van der Waals surface area (Å²) in [6.07, 6.45) is 5.31. The number of carbonyl (C=O) groups is 2. The molecule has 20 heavy (non-hydrogen) atoms. The van der Waals surface area contributed by atoms with Gasteiger partial charge in [-0.1, -0.05) is 6.92 Å². The number of rotatable bonds is 8. The van der Waals surface area contributed by atoms with Gasteiger partial charge in [-0.25, -0.2) is 0 Å². The van der Waals surface area contributed by atoms with E-state index in [4.69, 9.17) is 5.11 Å². The molecule has 2 saturated carbocycles. The molecule has 0 aromatic carbocycles. The summed E-state index contributed by atoms with van der Waals surface area (Å²) in [7, 11) is 0. The Morgan fingerprint density at radius 1 is 1.35 bits per heavy atom. The number of carbonyl (C=O) groups excluding carboxylic acids is 2. The Balaban J connectivity index is 1.69. The third-order valence-corrected chi connectivity index (χ3v) is 4.48. The summed E-state index contributed by atoms with van der Waals surface area (Å²) in [6, 6.07) is 0.355. The smallest absolute Gasteiger partial charge is 0.224 e. The van der Waals surface area contributed by atoms with Gasteiger partial charge in [0.1, 0.15) is 0 Å². The summed E-state index contributed by atoms with van der Waals surface area (Å²) < 4.78 is 0. The highest BCUT2D eigenvalue weighted by molar-refractivity contribution is 5.82. The highest BCUT2D eigenvalue weighted by Crippen LogP contribution is 2.37. The molecule has 0 aromatic rings. The fraction of sp³-hybridized carbons (Fsp3) is 0.867. The van der Waals surface area contributed by atoms with Crippen LogP contribution in [0.2, 0.25) is 0 Å². The minimum Gasteiger partial charge on any atom is -0.396 e. The zero-order chi connectivity index (χ0) is 14.5. The lowest BCUT2D eigenvalue weighted by Crippen LogP contribution is -2.45. The molecule has 2 atom stereocenters. The molecule has 2 aliphatic rings. The maximum Gasteiger partial charge on any atom is 0.224 e. The van der Waals surface area contributed by atoms with Crippen molar-refractivity contribution < 1.29 is 14.7 Å². The Labute approximate surface area is 120 Å². The van der Waals surface area contributed by atoms with E-state index in [1.165, 1.54) is 6.42 Å². The van der Waals surface area contributed by atoms with Crippen molar-refractivity contribution in [1.29, 1.82) is 0 Å². The molecule has 0 spiro atoms. The monoisotopic (exact) mass is 282 g/mol. The molecule has 2 amide bonds. The van der Waals surface area contributed by atoms with Crippen molar-refractivity contribution in [1.82, 2.24) is 10.2 Å². The van der Waals surface area contributed by atoms with E-state index < -0.39 is 0 Å². The Bertz CT molecular complexity index is 355. The van der Waals surface area contributed by atoms with Crippen molar-refractivity contribution in [2.45, 2.75) is 51.5 Å². The maximum atomic E-state index is 12.2. The topological polar surface area (TPSA) is 69.6 Å². The quantitative estimate of drug-likeness (QED) is 0.695. The van der Waals surface area contributed by atoms with Gasteiger partial charge in [-0.05, 0) is 38.0 Å². The predicted molar refractivity (Wildman–Crippen MR) is 76.0 cm³/mol. The fourth-order valence-corrected chi connectivity index (χ4v) is 2.71. The first-order valence-electron chi connectivity index (χ1n) is 7.81. The number of nitrogens with one attached hydrogen (secondary N) is 1. The Morgan fingerprint density at radius 3 is 2.55 bits per heavy atom. The van der Waals surface area contributed by atoms with E-state index in [-0.39, 0.29) is 24.3 Å². The predicted octanol–water partition coefficient (Wildman–Crippen LogP) is 0.912. The summed E-state index contributed by atoms with van der Waals surface area (Å²) in [5.74, 6) is 0.868. The largest absolute Gasteiger partial charge is 0.396 e. The summed E-state index contributed by atoms with van der Waals surface area (Å²) in [4.78, 5) is 25.8. The van der Waals surface area contributed by atoms with Crippen molar-refractivity contribution in [2.75, 3.05) is 19.7 Å². The van der Waals surface area contributed by atoms with Gasteiger partial charge in [0.05, 0.1) is 0 Å². The molecule has 0 heterocycles. The lowest BCUT2D eigenvalue weighted by atomic mass is 9.91. The van der Waals surface area contributed by atoms with Gasteiger partial charge in [0.15, 0.2) is 0 Å². The molecule has 2 rings (SSSR count). The van der Waals surface area contributed by atoms with E-state index in [9.17, 15) is 9.59 Å². The first kappa shape index (κ1) is 15.3. The average molecular weight is 282 g/mol. The van der Waals surface area contributed by atoms with Crippen LogP contribution in [-0.4, -0.2) is 47.6 Å². The second-order valence-electron chi connectivity index (χ2n) is 6.11. The number of aliphatic hydroxyl groups is 1. The minimum absolute atomic E-state index is 0.0934. The van der Waals surface area contributed by atoms with Gasteiger partial charge in [-0.15, -0.1) is 0 Å². The van der Waals surface area contributed by atoms with Crippen molar-refractivity contribution in [3.63, 3.8) is 0 Å². The number of nitrogens with zero attached hydrogens (tertiary/aromatic N) is 1. The molecular formula is C15H26N2O3. The molecule has 0 radical (unpaired) electrons. The molecule has 0 aliphatic heterocycles. The lowest BCUT2D eigenvalue weighted by molar-refractivity contribution is -0.135. The normalized spacial score (nSPS) is 24.9. The van der Waals surface area contributed by atoms with E-state index in [0.717, 1.165) is 19.3 Å². The van der Waals surface area contributed by atoms with Gasteiger partial charge >= 0.3 is 0 Å². The van der Waals surface area contributed by atoms with Crippen LogP contribution in [0.3, 0.4) is 0 Å². The number of hydrogen-bond acceptors (Lipinski definition) is 3. The van der Waals surface area contributed by atoms with E-state index in [1.807, 2.05) is 4.90 Å². The van der Waals surface area contributed by atoms with Crippen molar-refractivity contribution in [3.05, 3.63) is 0 Å². The highest BCUT2D eigenvalue weighted by atomic mass is 16.3. The van der Waals surface area contributed by atoms with Crippen LogP contribution >= 0.6 is 0 Å². The summed E-state index contributed by atoms with van der Waals surface area (Å²) in [5, 5.41) is 11.8. The summed E-state index contributed by atoms with van der Waals surface area (Å²) >= 11 is 0. The van der Waals surface area contributed by atoms with Crippen molar-refractivity contribution in [2.24, 2.45) is 11.8 Å². The van der Waals surface area contributed by atoms with Crippen molar-refractivity contribution >= 4 is 11.8 Å². The second-order valence-corrected chi connectivity index (χ2v) is 6.11. The molecule has 5 nitrogen and oxygen atoms in total. The lowest BCUT2D eigenvalue weighted by Gasteiger charge is -2.37. The number of hydrogen-bond donors (Lipinski definition) is 2. The number of aliphatic hydroxyl groups excluding tert-OH is 1. The summed E-state index contributed by atoms with van der Waals surface area (Å²) in [6.45, 7) is 3.26. The number of amides is 2. The fourth-order valence-electron chi connectivity index (χ4n) is 2.71. The van der Waals surface area contributed by atoms with Gasteiger partial charge in [-0.3, -0.25) is 9.59 Å². The first-order valence-corrected chi connectivity index (χ1v) is 7.81. The first-order chi connectivity index (χ1) is 9.63. The van der Waals surface area contributed by atoms with Gasteiger partial charge < -0.3 is 15.3 Å². The van der Waals surface area contributed by atoms with Crippen LogP contribution in [0.25, 0.3) is 0 Å². The van der Waals surface area contributed by atoms with Gasteiger partial charge in [0.2, 0.25) is 11.8 Å². The van der Waals surface area contributed by atoms with E-state index in [2.05, 4.69) is 12.2 Å². The van der Waals surface area contributed by atoms with Gasteiger partial charge in [0.25, 0.3) is 0 Å². The Hall–Kier alpha value is -1.10. The Kier molecular flexibility index (Phi) is 5.40. The van der Waals surface area contributed by atoms with E-state index >= 15 is 0 Å². The Morgan fingerprint density at radius 2 is 2.05 bits per heavy atom. The van der Waals surface area contributed by atoms with Gasteiger partial charge in [-0.2, -0.15) is 0 Å².